The lowest BCUT2D eigenvalue weighted by Crippen LogP contribution is -2.15. The molecule has 0 saturated carbocycles. The molecule has 0 saturated heterocycles. The topological polar surface area (TPSA) is 63.6 Å². The van der Waals surface area contributed by atoms with E-state index in [1.807, 2.05) is 5.38 Å². The largest absolute Gasteiger partial charge is 0.317 e. The van der Waals surface area contributed by atoms with Crippen LogP contribution >= 0.6 is 22.9 Å². The molecule has 80 valence electrons. The van der Waals surface area contributed by atoms with E-state index in [4.69, 9.17) is 0 Å². The van der Waals surface area contributed by atoms with Crippen molar-refractivity contribution in [3.8, 4) is 10.7 Å². The van der Waals surface area contributed by atoms with Crippen molar-refractivity contribution in [2.45, 2.75) is 13.3 Å². The van der Waals surface area contributed by atoms with Crippen molar-refractivity contribution in [2.75, 3.05) is 13.1 Å². The third-order valence-electron chi connectivity index (χ3n) is 1.81. The van der Waals surface area contributed by atoms with E-state index in [9.17, 15) is 0 Å². The maximum Gasteiger partial charge on any atom is 0.169 e. The summed E-state index contributed by atoms with van der Waals surface area (Å²) in [4.78, 5) is 0. The van der Waals surface area contributed by atoms with Crippen LogP contribution in [0.5, 0.6) is 0 Å². The van der Waals surface area contributed by atoms with Crippen LogP contribution in [0, 0.1) is 0 Å². The van der Waals surface area contributed by atoms with Gasteiger partial charge in [-0.25, -0.2) is 0 Å². The Labute approximate surface area is 95.7 Å². The minimum absolute atomic E-state index is 0.826. The van der Waals surface area contributed by atoms with Crippen LogP contribution in [0.2, 0.25) is 0 Å². The van der Waals surface area contributed by atoms with Gasteiger partial charge in [0.25, 0.3) is 0 Å². The highest BCUT2D eigenvalue weighted by Gasteiger charge is 2.08. The van der Waals surface area contributed by atoms with E-state index in [-0.39, 0.29) is 0 Å². The summed E-state index contributed by atoms with van der Waals surface area (Å²) in [5.74, 6) is 0. The Morgan fingerprint density at radius 1 is 1.33 bits per heavy atom. The minimum atomic E-state index is 0.826. The molecular formula is C8H11N5S2. The van der Waals surface area contributed by atoms with Crippen molar-refractivity contribution in [3.05, 3.63) is 10.4 Å². The average molecular weight is 241 g/mol. The van der Waals surface area contributed by atoms with Crippen molar-refractivity contribution in [3.63, 3.8) is 0 Å². The quantitative estimate of drug-likeness (QED) is 0.797. The predicted octanol–water partition coefficient (Wildman–Crippen LogP) is 1.21. The molecule has 0 fully saturated rings. The Kier molecular flexibility index (Phi) is 3.70. The average Bonchev–Trinajstić information content (AvgIpc) is 2.87. The maximum absolute atomic E-state index is 4.11. The summed E-state index contributed by atoms with van der Waals surface area (Å²) in [6.07, 6.45) is 0.920. The van der Waals surface area contributed by atoms with Gasteiger partial charge in [-0.15, -0.1) is 15.3 Å². The Balaban J connectivity index is 1.98. The van der Waals surface area contributed by atoms with E-state index >= 15 is 0 Å². The lowest BCUT2D eigenvalue weighted by Gasteiger charge is -1.95. The lowest BCUT2D eigenvalue weighted by atomic mass is 10.4. The van der Waals surface area contributed by atoms with E-state index in [2.05, 4.69) is 32.0 Å². The fourth-order valence-corrected chi connectivity index (χ4v) is 2.40. The van der Waals surface area contributed by atoms with Crippen LogP contribution < -0.4 is 5.32 Å². The fraction of sp³-hybridized carbons (Fsp3) is 0.500. The van der Waals surface area contributed by atoms with E-state index in [1.165, 1.54) is 11.5 Å². The van der Waals surface area contributed by atoms with Gasteiger partial charge in [-0.05, 0) is 18.1 Å². The summed E-state index contributed by atoms with van der Waals surface area (Å²) in [5, 5.41) is 19.2. The summed E-state index contributed by atoms with van der Waals surface area (Å²) in [7, 11) is 0. The van der Waals surface area contributed by atoms with Gasteiger partial charge in [0.05, 0.1) is 0 Å². The predicted molar refractivity (Wildman–Crippen MR) is 61.1 cm³/mol. The molecule has 0 aliphatic carbocycles. The van der Waals surface area contributed by atoms with Gasteiger partial charge in [0.15, 0.2) is 5.01 Å². The van der Waals surface area contributed by atoms with E-state index in [0.717, 1.165) is 35.2 Å². The van der Waals surface area contributed by atoms with Crippen molar-refractivity contribution >= 4 is 22.9 Å². The molecule has 0 aliphatic heterocycles. The molecule has 0 bridgehead atoms. The zero-order chi connectivity index (χ0) is 10.5. The van der Waals surface area contributed by atoms with Gasteiger partial charge in [0.2, 0.25) is 0 Å². The van der Waals surface area contributed by atoms with E-state index < -0.39 is 0 Å². The number of aromatic nitrogens is 4. The molecule has 5 nitrogen and oxygen atoms in total. The second kappa shape index (κ2) is 5.24. The number of likely N-dealkylation sites (N-methyl/N-ethyl adjacent to an activating group) is 1. The second-order valence-corrected chi connectivity index (χ2v) is 4.57. The molecule has 1 N–H and O–H groups in total. The molecule has 2 heterocycles. The molecule has 2 rings (SSSR count). The molecular weight excluding hydrogens is 230 g/mol. The normalized spacial score (nSPS) is 10.7. The molecule has 0 unspecified atom stereocenters. The van der Waals surface area contributed by atoms with Crippen LogP contribution in [0.4, 0.5) is 0 Å². The first-order chi connectivity index (χ1) is 7.40. The first-order valence-electron chi connectivity index (χ1n) is 4.70. The highest BCUT2D eigenvalue weighted by molar-refractivity contribution is 7.15. The lowest BCUT2D eigenvalue weighted by molar-refractivity contribution is 0.710. The second-order valence-electron chi connectivity index (χ2n) is 2.89. The van der Waals surface area contributed by atoms with Crippen molar-refractivity contribution < 1.29 is 0 Å². The first kappa shape index (κ1) is 10.6. The van der Waals surface area contributed by atoms with Gasteiger partial charge in [0, 0.05) is 18.3 Å². The van der Waals surface area contributed by atoms with Crippen molar-refractivity contribution in [2.24, 2.45) is 0 Å². The third kappa shape index (κ3) is 2.77. The Morgan fingerprint density at radius 3 is 3.00 bits per heavy atom. The summed E-state index contributed by atoms with van der Waals surface area (Å²) in [6.45, 7) is 4.02. The number of rotatable bonds is 5. The molecule has 0 spiro atoms. The molecule has 0 amide bonds. The number of hydrogen-bond acceptors (Lipinski definition) is 7. The van der Waals surface area contributed by atoms with Gasteiger partial charge in [-0.2, -0.15) is 0 Å². The Bertz CT molecular complexity index is 397. The van der Waals surface area contributed by atoms with E-state index in [1.54, 1.807) is 11.3 Å². The molecule has 2 aromatic rings. The summed E-state index contributed by atoms with van der Waals surface area (Å²) in [5.41, 5.74) is 0.826. The summed E-state index contributed by atoms with van der Waals surface area (Å²) < 4.78 is 3.80. The van der Waals surface area contributed by atoms with Crippen molar-refractivity contribution in [1.82, 2.24) is 25.1 Å². The van der Waals surface area contributed by atoms with Crippen LogP contribution in [0.1, 0.15) is 11.9 Å². The number of nitrogens with zero attached hydrogens (tertiary/aromatic N) is 4. The van der Waals surface area contributed by atoms with Gasteiger partial charge < -0.3 is 5.32 Å². The van der Waals surface area contributed by atoms with Gasteiger partial charge in [0.1, 0.15) is 10.7 Å². The highest BCUT2D eigenvalue weighted by atomic mass is 32.1. The van der Waals surface area contributed by atoms with Crippen LogP contribution in [0.15, 0.2) is 5.38 Å². The maximum atomic E-state index is 4.11. The van der Waals surface area contributed by atoms with Crippen LogP contribution in [0.25, 0.3) is 10.7 Å². The van der Waals surface area contributed by atoms with Gasteiger partial charge in [-0.1, -0.05) is 22.7 Å². The van der Waals surface area contributed by atoms with Crippen LogP contribution in [-0.2, 0) is 6.42 Å². The minimum Gasteiger partial charge on any atom is -0.317 e. The van der Waals surface area contributed by atoms with Gasteiger partial charge >= 0.3 is 0 Å². The molecule has 0 atom stereocenters. The summed E-state index contributed by atoms with van der Waals surface area (Å²) >= 11 is 2.91. The Morgan fingerprint density at radius 2 is 2.27 bits per heavy atom. The van der Waals surface area contributed by atoms with Gasteiger partial charge in [-0.3, -0.25) is 0 Å². The van der Waals surface area contributed by atoms with Crippen molar-refractivity contribution in [1.29, 1.82) is 0 Å². The summed E-state index contributed by atoms with van der Waals surface area (Å²) in [6, 6.07) is 0. The van der Waals surface area contributed by atoms with E-state index in [0.29, 0.717) is 0 Å². The molecule has 0 radical (unpaired) electrons. The standard InChI is InChI=1S/C8H11N5S2/c1-2-9-4-3-7-11-12-8(15-7)6-5-14-13-10-6/h5,9H,2-4H2,1H3. The monoisotopic (exact) mass is 241 g/mol. The number of hydrogen-bond donors (Lipinski definition) is 1. The molecule has 2 aromatic heterocycles. The highest BCUT2D eigenvalue weighted by Crippen LogP contribution is 2.21. The SMILES string of the molecule is CCNCCc1nnc(-c2csnn2)s1. The number of nitrogens with one attached hydrogen (secondary N) is 1. The molecule has 0 aromatic carbocycles. The molecule has 0 aliphatic rings. The zero-order valence-corrected chi connectivity index (χ0v) is 9.94. The molecule has 7 heteroatoms. The fourth-order valence-electron chi connectivity index (χ4n) is 1.09. The third-order valence-corrected chi connectivity index (χ3v) is 3.32. The first-order valence-corrected chi connectivity index (χ1v) is 6.36. The zero-order valence-electron chi connectivity index (χ0n) is 8.30. The van der Waals surface area contributed by atoms with Crippen LogP contribution in [-0.4, -0.2) is 32.9 Å². The smallest absolute Gasteiger partial charge is 0.169 e. The molecule has 15 heavy (non-hydrogen) atoms. The van der Waals surface area contributed by atoms with Crippen LogP contribution in [0.3, 0.4) is 0 Å². The Hall–Kier alpha value is -0.920.